The van der Waals surface area contributed by atoms with Gasteiger partial charge in [0.1, 0.15) is 23.3 Å². The number of aryl methyl sites for hydroxylation is 3. The summed E-state index contributed by atoms with van der Waals surface area (Å²) in [5, 5.41) is 5.75. The first kappa shape index (κ1) is 37.0. The summed E-state index contributed by atoms with van der Waals surface area (Å²) < 4.78 is 11.1. The number of benzene rings is 2. The van der Waals surface area contributed by atoms with E-state index in [0.717, 1.165) is 21.6 Å². The smallest absolute Gasteiger partial charge is 0.417 e. The Morgan fingerprint density at radius 2 is 1.57 bits per heavy atom. The number of nitrogens with two attached hydrogens (primary N) is 1. The second kappa shape index (κ2) is 15.4. The Labute approximate surface area is 277 Å². The van der Waals surface area contributed by atoms with E-state index in [0.29, 0.717) is 12.1 Å². The lowest BCUT2D eigenvalue weighted by atomic mass is 10.0. The second-order valence-corrected chi connectivity index (χ2v) is 13.9. The predicted molar refractivity (Wildman–Crippen MR) is 179 cm³/mol. The molecule has 12 heteroatoms. The average Bonchev–Trinajstić information content (AvgIpc) is 3.41. The maximum atomic E-state index is 14.0. The summed E-state index contributed by atoms with van der Waals surface area (Å²) in [5.41, 5.74) is 7.48. The lowest BCUT2D eigenvalue weighted by Gasteiger charge is -2.30. The van der Waals surface area contributed by atoms with Gasteiger partial charge in [-0.3, -0.25) is 19.3 Å². The minimum Gasteiger partial charge on any atom is -0.444 e. The van der Waals surface area contributed by atoms with Crippen LogP contribution in [0.25, 0.3) is 0 Å². The topological polar surface area (TPSA) is 160 Å². The fourth-order valence-corrected chi connectivity index (χ4v) is 5.18. The van der Waals surface area contributed by atoms with Gasteiger partial charge >= 0.3 is 12.2 Å². The highest BCUT2D eigenvalue weighted by atomic mass is 16.6. The Bertz CT molecular complexity index is 1450. The zero-order valence-electron chi connectivity index (χ0n) is 28.7. The van der Waals surface area contributed by atoms with Crippen molar-refractivity contribution in [3.8, 4) is 0 Å². The molecule has 1 heterocycles. The fraction of sp³-hybridized carbons (Fsp3) is 0.514. The van der Waals surface area contributed by atoms with E-state index < -0.39 is 65.8 Å². The normalized spacial score (nSPS) is 17.0. The van der Waals surface area contributed by atoms with E-state index in [1.54, 1.807) is 47.6 Å². The molecule has 0 bridgehead atoms. The average molecular weight is 652 g/mol. The summed E-state index contributed by atoms with van der Waals surface area (Å²) in [4.78, 5) is 69.2. The van der Waals surface area contributed by atoms with Crippen molar-refractivity contribution in [1.29, 1.82) is 0 Å². The van der Waals surface area contributed by atoms with Gasteiger partial charge in [0.15, 0.2) is 0 Å². The number of hydrogen-bond donors (Lipinski definition) is 3. The van der Waals surface area contributed by atoms with Crippen molar-refractivity contribution in [2.45, 2.75) is 104 Å². The van der Waals surface area contributed by atoms with Crippen LogP contribution in [0.2, 0.25) is 0 Å². The number of carbonyl (C=O) groups excluding carboxylic acids is 5. The number of likely N-dealkylation sites (tertiary alicyclic amines) is 1. The zero-order valence-corrected chi connectivity index (χ0v) is 28.7. The van der Waals surface area contributed by atoms with Gasteiger partial charge < -0.3 is 25.8 Å². The maximum Gasteiger partial charge on any atom is 0.417 e. The number of ether oxygens (including phenoxy) is 2. The number of carbonyl (C=O) groups is 5. The molecule has 1 aliphatic heterocycles. The van der Waals surface area contributed by atoms with Crippen LogP contribution in [0.1, 0.15) is 71.1 Å². The van der Waals surface area contributed by atoms with E-state index in [1.807, 2.05) is 56.3 Å². The highest BCUT2D eigenvalue weighted by Gasteiger charge is 2.47. The minimum atomic E-state index is -1.17. The van der Waals surface area contributed by atoms with E-state index >= 15 is 0 Å². The fourth-order valence-electron chi connectivity index (χ4n) is 5.18. The number of rotatable bonds is 9. The Morgan fingerprint density at radius 1 is 0.936 bits per heavy atom. The minimum absolute atomic E-state index is 0.111. The third-order valence-corrected chi connectivity index (χ3v) is 7.58. The molecular weight excluding hydrogens is 602 g/mol. The monoisotopic (exact) mass is 651 g/mol. The molecule has 1 saturated heterocycles. The summed E-state index contributed by atoms with van der Waals surface area (Å²) in [5.74, 6) is -1.77. The van der Waals surface area contributed by atoms with Crippen LogP contribution in [0.3, 0.4) is 0 Å². The first-order valence-electron chi connectivity index (χ1n) is 15.9. The van der Waals surface area contributed by atoms with Crippen molar-refractivity contribution in [3.05, 3.63) is 65.2 Å². The number of nitrogens with zero attached hydrogens (tertiary/aromatic N) is 2. The summed E-state index contributed by atoms with van der Waals surface area (Å²) in [6.07, 6.45) is -1.08. The van der Waals surface area contributed by atoms with E-state index in [-0.39, 0.29) is 19.4 Å². The lowest BCUT2D eigenvalue weighted by molar-refractivity contribution is -0.131. The Morgan fingerprint density at radius 3 is 2.15 bits per heavy atom. The molecule has 0 spiro atoms. The third-order valence-electron chi connectivity index (χ3n) is 7.58. The summed E-state index contributed by atoms with van der Waals surface area (Å²) in [6.45, 7) is 13.3. The SMILES string of the molecule is Cc1ccc(NC(=O)[C@@H](CCc2ccccc2)NC(=O)[C@@H]2C[C@@H](N(C(=O)CN)C(=O)OC(C)(C)C)CN2C(=O)OC(C)(C)C)cc1C. The first-order valence-corrected chi connectivity index (χ1v) is 15.9. The Balaban J connectivity index is 1.92. The standard InChI is InChI=1S/C35H49N5O7/c1-22-14-16-25(18-23(22)2)37-30(42)27(17-15-24-12-10-9-11-13-24)38-31(43)28-19-26(21-39(28)32(44)46-34(3,4)5)40(29(41)20-36)33(45)47-35(6,7)8/h9-14,16,18,26-28H,15,17,19-21,36H2,1-8H3,(H,37,42)(H,38,43)/t26-,27-,28+/m1/s1. The molecule has 1 fully saturated rings. The quantitative estimate of drug-likeness (QED) is 0.358. The van der Waals surface area contributed by atoms with Gasteiger partial charge in [0.2, 0.25) is 17.7 Å². The highest BCUT2D eigenvalue weighted by molar-refractivity contribution is 5.99. The molecule has 4 N–H and O–H groups in total. The van der Waals surface area contributed by atoms with Crippen molar-refractivity contribution in [2.24, 2.45) is 5.73 Å². The van der Waals surface area contributed by atoms with Gasteiger partial charge in [0, 0.05) is 12.2 Å². The molecule has 0 aromatic heterocycles. The molecule has 0 radical (unpaired) electrons. The van der Waals surface area contributed by atoms with Crippen LogP contribution in [0.4, 0.5) is 15.3 Å². The number of imide groups is 1. The largest absolute Gasteiger partial charge is 0.444 e. The number of amides is 5. The lowest BCUT2D eigenvalue weighted by Crippen LogP contribution is -2.52. The summed E-state index contributed by atoms with van der Waals surface area (Å²) in [7, 11) is 0. The van der Waals surface area contributed by atoms with Crippen LogP contribution >= 0.6 is 0 Å². The molecule has 2 aromatic carbocycles. The molecular formula is C35H49N5O7. The number of nitrogens with one attached hydrogen (secondary N) is 2. The van der Waals surface area contributed by atoms with Gasteiger partial charge in [0.05, 0.1) is 12.6 Å². The molecule has 3 rings (SSSR count). The zero-order chi connectivity index (χ0) is 35.1. The number of hydrogen-bond acceptors (Lipinski definition) is 8. The van der Waals surface area contributed by atoms with Crippen LogP contribution in [0, 0.1) is 13.8 Å². The van der Waals surface area contributed by atoms with Crippen molar-refractivity contribution >= 4 is 35.6 Å². The van der Waals surface area contributed by atoms with Crippen LogP contribution in [-0.4, -0.2) is 82.1 Å². The van der Waals surface area contributed by atoms with Crippen molar-refractivity contribution in [3.63, 3.8) is 0 Å². The third kappa shape index (κ3) is 10.8. The van der Waals surface area contributed by atoms with Crippen molar-refractivity contribution in [2.75, 3.05) is 18.4 Å². The van der Waals surface area contributed by atoms with E-state index in [4.69, 9.17) is 15.2 Å². The first-order chi connectivity index (χ1) is 21.9. The van der Waals surface area contributed by atoms with Crippen LogP contribution in [0.15, 0.2) is 48.5 Å². The van der Waals surface area contributed by atoms with Gasteiger partial charge in [-0.05, 0) is 103 Å². The molecule has 0 saturated carbocycles. The van der Waals surface area contributed by atoms with Crippen molar-refractivity contribution < 1.29 is 33.4 Å². The molecule has 3 atom stereocenters. The predicted octanol–water partition coefficient (Wildman–Crippen LogP) is 4.46. The summed E-state index contributed by atoms with van der Waals surface area (Å²) >= 11 is 0. The Kier molecular flexibility index (Phi) is 12.1. The second-order valence-electron chi connectivity index (χ2n) is 13.9. The molecule has 12 nitrogen and oxygen atoms in total. The molecule has 5 amide bonds. The molecule has 2 aromatic rings. The van der Waals surface area contributed by atoms with Crippen LogP contribution in [-0.2, 0) is 30.3 Å². The van der Waals surface area contributed by atoms with Crippen molar-refractivity contribution in [1.82, 2.24) is 15.1 Å². The van der Waals surface area contributed by atoms with Gasteiger partial charge in [-0.25, -0.2) is 14.5 Å². The molecule has 256 valence electrons. The molecule has 47 heavy (non-hydrogen) atoms. The van der Waals surface area contributed by atoms with E-state index in [1.165, 1.54) is 4.90 Å². The molecule has 0 aliphatic carbocycles. The van der Waals surface area contributed by atoms with Crippen LogP contribution < -0.4 is 16.4 Å². The van der Waals surface area contributed by atoms with Gasteiger partial charge in [-0.1, -0.05) is 36.4 Å². The molecule has 1 aliphatic rings. The Hall–Kier alpha value is -4.45. The van der Waals surface area contributed by atoms with Gasteiger partial charge in [-0.2, -0.15) is 0 Å². The highest BCUT2D eigenvalue weighted by Crippen LogP contribution is 2.27. The van der Waals surface area contributed by atoms with Gasteiger partial charge in [-0.15, -0.1) is 0 Å². The molecule has 0 unspecified atom stereocenters. The number of anilines is 1. The van der Waals surface area contributed by atoms with Gasteiger partial charge in [0.25, 0.3) is 0 Å². The van der Waals surface area contributed by atoms with Crippen LogP contribution in [0.5, 0.6) is 0 Å². The summed E-state index contributed by atoms with van der Waals surface area (Å²) in [6, 6.07) is 12.0. The maximum absolute atomic E-state index is 14.0. The van der Waals surface area contributed by atoms with E-state index in [2.05, 4.69) is 10.6 Å². The van der Waals surface area contributed by atoms with E-state index in [9.17, 15) is 24.0 Å².